The van der Waals surface area contributed by atoms with E-state index in [9.17, 15) is 9.59 Å². The van der Waals surface area contributed by atoms with E-state index in [1.807, 2.05) is 81.1 Å². The van der Waals surface area contributed by atoms with Gasteiger partial charge in [-0.15, -0.1) is 0 Å². The number of aromatic nitrogens is 2. The fourth-order valence-corrected chi connectivity index (χ4v) is 5.34. The zero-order valence-corrected chi connectivity index (χ0v) is 21.4. The van der Waals surface area contributed by atoms with E-state index in [-0.39, 0.29) is 23.7 Å². The van der Waals surface area contributed by atoms with E-state index < -0.39 is 5.60 Å². The smallest absolute Gasteiger partial charge is 0.410 e. The normalized spacial score (nSPS) is 20.1. The summed E-state index contributed by atoms with van der Waals surface area (Å²) >= 11 is 0. The lowest BCUT2D eigenvalue weighted by atomic mass is 10.1. The minimum Gasteiger partial charge on any atom is -0.492 e. The van der Waals surface area contributed by atoms with E-state index in [2.05, 4.69) is 4.90 Å². The van der Waals surface area contributed by atoms with Gasteiger partial charge in [-0.3, -0.25) is 14.3 Å². The highest BCUT2D eigenvalue weighted by Gasteiger charge is 2.42. The Labute approximate surface area is 211 Å². The summed E-state index contributed by atoms with van der Waals surface area (Å²) < 4.78 is 13.2. The molecule has 2 aliphatic rings. The van der Waals surface area contributed by atoms with Gasteiger partial charge in [0, 0.05) is 25.2 Å². The average molecular weight is 491 g/mol. The molecule has 36 heavy (non-hydrogen) atoms. The number of carbonyl (C=O) groups excluding carboxylic acids is 1. The first-order valence-electron chi connectivity index (χ1n) is 12.7. The van der Waals surface area contributed by atoms with Gasteiger partial charge >= 0.3 is 6.09 Å². The van der Waals surface area contributed by atoms with Gasteiger partial charge in [0.05, 0.1) is 29.7 Å². The molecule has 2 bridgehead atoms. The summed E-state index contributed by atoms with van der Waals surface area (Å²) in [5.74, 6) is 1.33. The number of hydrogen-bond donors (Lipinski definition) is 0. The van der Waals surface area contributed by atoms with E-state index in [1.165, 1.54) is 0 Å². The topological polar surface area (TPSA) is 76.9 Å². The van der Waals surface area contributed by atoms with Crippen LogP contribution in [0.15, 0.2) is 53.3 Å². The molecule has 2 saturated heterocycles. The molecule has 2 aliphatic heterocycles. The van der Waals surface area contributed by atoms with Crippen LogP contribution in [0, 0.1) is 0 Å². The second kappa shape index (κ2) is 9.58. The number of likely N-dealkylation sites (tertiary alicyclic amines) is 1. The van der Waals surface area contributed by atoms with Crippen molar-refractivity contribution in [3.8, 4) is 11.4 Å². The maximum Gasteiger partial charge on any atom is 0.410 e. The molecule has 0 N–H and O–H groups in total. The Hall–Kier alpha value is -3.39. The van der Waals surface area contributed by atoms with Crippen LogP contribution in [0.25, 0.3) is 16.6 Å². The van der Waals surface area contributed by atoms with Crippen molar-refractivity contribution in [3.63, 3.8) is 0 Å². The van der Waals surface area contributed by atoms with Crippen LogP contribution in [0.1, 0.15) is 46.4 Å². The minimum atomic E-state index is -0.522. The lowest BCUT2D eigenvalue weighted by Crippen LogP contribution is -2.55. The van der Waals surface area contributed by atoms with Gasteiger partial charge in [-0.1, -0.05) is 24.3 Å². The zero-order valence-electron chi connectivity index (χ0n) is 21.4. The molecule has 190 valence electrons. The van der Waals surface area contributed by atoms with E-state index in [4.69, 9.17) is 14.5 Å². The Kier molecular flexibility index (Phi) is 6.47. The molecule has 0 aliphatic carbocycles. The SMILES string of the molecule is CCOc1ccccc1-n1c(CN2[C@@H]3CC[C@H]2CN(C(=O)OC(C)(C)C)C3)nc2ccccc2c1=O. The highest BCUT2D eigenvalue weighted by molar-refractivity contribution is 5.78. The summed E-state index contributed by atoms with van der Waals surface area (Å²) in [5, 5.41) is 0.574. The Bertz CT molecular complexity index is 1320. The number of ether oxygens (including phenoxy) is 2. The summed E-state index contributed by atoms with van der Waals surface area (Å²) in [4.78, 5) is 35.7. The summed E-state index contributed by atoms with van der Waals surface area (Å²) in [6, 6.07) is 15.4. The molecule has 5 rings (SSSR count). The Morgan fingerprint density at radius 3 is 2.39 bits per heavy atom. The Balaban J connectivity index is 1.51. The maximum absolute atomic E-state index is 13.8. The molecular formula is C28H34N4O4. The first kappa shape index (κ1) is 24.3. The van der Waals surface area contributed by atoms with Crippen LogP contribution in [-0.2, 0) is 11.3 Å². The molecule has 8 heteroatoms. The Morgan fingerprint density at radius 2 is 1.69 bits per heavy atom. The number of carbonyl (C=O) groups is 1. The molecule has 0 saturated carbocycles. The minimum absolute atomic E-state index is 0.109. The van der Waals surface area contributed by atoms with Crippen LogP contribution < -0.4 is 10.3 Å². The number of benzene rings is 2. The lowest BCUT2D eigenvalue weighted by molar-refractivity contribution is -0.000672. The van der Waals surface area contributed by atoms with Crippen molar-refractivity contribution in [2.24, 2.45) is 0 Å². The monoisotopic (exact) mass is 490 g/mol. The van der Waals surface area contributed by atoms with Crippen LogP contribution in [0.4, 0.5) is 4.79 Å². The summed E-state index contributed by atoms with van der Waals surface area (Å²) in [7, 11) is 0. The van der Waals surface area contributed by atoms with Crippen molar-refractivity contribution in [2.75, 3.05) is 19.7 Å². The summed E-state index contributed by atoms with van der Waals surface area (Å²) in [6.07, 6.45) is 1.74. The van der Waals surface area contributed by atoms with Crippen molar-refractivity contribution in [1.29, 1.82) is 0 Å². The van der Waals surface area contributed by atoms with Gasteiger partial charge in [0.25, 0.3) is 5.56 Å². The summed E-state index contributed by atoms with van der Waals surface area (Å²) in [6.45, 7) is 9.83. The number of piperazine rings is 1. The van der Waals surface area contributed by atoms with Crippen LogP contribution in [-0.4, -0.2) is 62.8 Å². The molecule has 2 atom stereocenters. The number of para-hydroxylation sites is 3. The molecule has 0 radical (unpaired) electrons. The van der Waals surface area contributed by atoms with Gasteiger partial charge in [0.15, 0.2) is 0 Å². The number of rotatable bonds is 5. The van der Waals surface area contributed by atoms with E-state index >= 15 is 0 Å². The number of hydrogen-bond acceptors (Lipinski definition) is 6. The van der Waals surface area contributed by atoms with Gasteiger partial charge in [0.2, 0.25) is 0 Å². The third-order valence-electron chi connectivity index (χ3n) is 6.86. The standard InChI is InChI=1S/C28H34N4O4/c1-5-35-24-13-9-8-12-23(24)32-25(29-22-11-7-6-10-21(22)26(32)33)18-31-19-14-15-20(31)17-30(16-19)27(34)36-28(2,3)4/h6-13,19-20H,5,14-18H2,1-4H3/t19-,20+. The molecule has 0 spiro atoms. The van der Waals surface area contributed by atoms with Crippen molar-refractivity contribution in [3.05, 3.63) is 64.7 Å². The molecule has 1 aromatic heterocycles. The molecule has 8 nitrogen and oxygen atoms in total. The number of amides is 1. The highest BCUT2D eigenvalue weighted by Crippen LogP contribution is 2.33. The Morgan fingerprint density at radius 1 is 1.03 bits per heavy atom. The highest BCUT2D eigenvalue weighted by atomic mass is 16.6. The molecule has 1 amide bonds. The number of fused-ring (bicyclic) bond motifs is 3. The van der Waals surface area contributed by atoms with E-state index in [1.54, 1.807) is 4.57 Å². The van der Waals surface area contributed by atoms with Gasteiger partial charge in [-0.05, 0) is 64.8 Å². The first-order valence-corrected chi connectivity index (χ1v) is 12.7. The third kappa shape index (κ3) is 4.69. The van der Waals surface area contributed by atoms with Gasteiger partial charge < -0.3 is 14.4 Å². The van der Waals surface area contributed by atoms with Gasteiger partial charge in [-0.2, -0.15) is 0 Å². The van der Waals surface area contributed by atoms with Crippen LogP contribution in [0.2, 0.25) is 0 Å². The fourth-order valence-electron chi connectivity index (χ4n) is 5.34. The predicted octanol–water partition coefficient (Wildman–Crippen LogP) is 4.37. The molecule has 0 unspecified atom stereocenters. The molecule has 3 heterocycles. The van der Waals surface area contributed by atoms with Crippen molar-refractivity contribution in [1.82, 2.24) is 19.4 Å². The molecule has 2 aromatic carbocycles. The van der Waals surface area contributed by atoms with Crippen molar-refractivity contribution in [2.45, 2.75) is 64.8 Å². The van der Waals surface area contributed by atoms with E-state index in [0.29, 0.717) is 54.4 Å². The lowest BCUT2D eigenvalue weighted by Gasteiger charge is -2.41. The van der Waals surface area contributed by atoms with Crippen LogP contribution in [0.5, 0.6) is 5.75 Å². The van der Waals surface area contributed by atoms with Gasteiger partial charge in [-0.25, -0.2) is 9.78 Å². The third-order valence-corrected chi connectivity index (χ3v) is 6.86. The van der Waals surface area contributed by atoms with Crippen LogP contribution >= 0.6 is 0 Å². The molecule has 3 aromatic rings. The largest absolute Gasteiger partial charge is 0.492 e. The van der Waals surface area contributed by atoms with E-state index in [0.717, 1.165) is 12.8 Å². The second-order valence-electron chi connectivity index (χ2n) is 10.5. The average Bonchev–Trinajstić information content (AvgIpc) is 3.05. The fraction of sp³-hybridized carbons (Fsp3) is 0.464. The quantitative estimate of drug-likeness (QED) is 0.529. The molecular weight excluding hydrogens is 456 g/mol. The molecule has 2 fully saturated rings. The maximum atomic E-state index is 13.8. The second-order valence-corrected chi connectivity index (χ2v) is 10.5. The number of nitrogens with zero attached hydrogens (tertiary/aromatic N) is 4. The predicted molar refractivity (Wildman–Crippen MR) is 139 cm³/mol. The van der Waals surface area contributed by atoms with Crippen LogP contribution in [0.3, 0.4) is 0 Å². The van der Waals surface area contributed by atoms with Crippen molar-refractivity contribution < 1.29 is 14.3 Å². The van der Waals surface area contributed by atoms with Crippen molar-refractivity contribution >= 4 is 17.0 Å². The zero-order chi connectivity index (χ0) is 25.4. The summed E-state index contributed by atoms with van der Waals surface area (Å²) in [5.41, 5.74) is 0.744. The van der Waals surface area contributed by atoms with Gasteiger partial charge in [0.1, 0.15) is 17.2 Å². The first-order chi connectivity index (χ1) is 17.2.